The lowest BCUT2D eigenvalue weighted by Crippen LogP contribution is -2.36. The molecule has 2 aliphatic heterocycles. The van der Waals surface area contributed by atoms with Gasteiger partial charge in [-0.05, 0) is 31.8 Å². The molecule has 2 aromatic rings. The van der Waals surface area contributed by atoms with Gasteiger partial charge in [-0.15, -0.1) is 0 Å². The second-order valence-electron chi connectivity index (χ2n) is 7.22. The summed E-state index contributed by atoms with van der Waals surface area (Å²) in [7, 11) is 0. The molecule has 0 spiro atoms. The van der Waals surface area contributed by atoms with Crippen LogP contribution in [0.3, 0.4) is 0 Å². The fourth-order valence-corrected chi connectivity index (χ4v) is 3.80. The molecule has 9 heteroatoms. The van der Waals surface area contributed by atoms with Gasteiger partial charge in [0.25, 0.3) is 12.0 Å². The highest BCUT2D eigenvalue weighted by Crippen LogP contribution is 2.22. The van der Waals surface area contributed by atoms with Crippen LogP contribution in [0.4, 0.5) is 8.78 Å². The molecular formula is C18H23F2N5O2. The third kappa shape index (κ3) is 4.08. The Bertz CT molecular complexity index is 843. The molecule has 0 radical (unpaired) electrons. The molecule has 7 nitrogen and oxygen atoms in total. The Hall–Kier alpha value is -2.13. The van der Waals surface area contributed by atoms with E-state index in [0.717, 1.165) is 45.1 Å². The van der Waals surface area contributed by atoms with Crippen LogP contribution in [0.15, 0.2) is 23.4 Å². The Labute approximate surface area is 155 Å². The summed E-state index contributed by atoms with van der Waals surface area (Å²) >= 11 is 0. The number of piperidine rings is 1. The Kier molecular flexibility index (Phi) is 5.31. The van der Waals surface area contributed by atoms with Crippen LogP contribution in [-0.2, 0) is 31.0 Å². The highest BCUT2D eigenvalue weighted by Gasteiger charge is 2.23. The minimum Gasteiger partial charge on any atom is -0.373 e. The van der Waals surface area contributed by atoms with Crippen molar-refractivity contribution in [3.8, 4) is 0 Å². The molecule has 1 saturated heterocycles. The molecule has 0 bridgehead atoms. The molecule has 0 atom stereocenters. The molecule has 0 N–H and O–H groups in total. The van der Waals surface area contributed by atoms with Gasteiger partial charge in [-0.1, -0.05) is 0 Å². The number of hydrogen-bond donors (Lipinski definition) is 0. The maximum atomic E-state index is 12.6. The Morgan fingerprint density at radius 1 is 1.26 bits per heavy atom. The fourth-order valence-electron chi connectivity index (χ4n) is 3.80. The quantitative estimate of drug-likeness (QED) is 0.793. The van der Waals surface area contributed by atoms with Gasteiger partial charge < -0.3 is 4.74 Å². The molecule has 2 aliphatic rings. The van der Waals surface area contributed by atoms with Gasteiger partial charge in [0.1, 0.15) is 5.69 Å². The van der Waals surface area contributed by atoms with E-state index in [0.29, 0.717) is 25.7 Å². The Morgan fingerprint density at radius 3 is 2.81 bits per heavy atom. The van der Waals surface area contributed by atoms with Crippen LogP contribution >= 0.6 is 0 Å². The lowest BCUT2D eigenvalue weighted by molar-refractivity contribution is 0.0782. The zero-order valence-electron chi connectivity index (χ0n) is 15.1. The minimum absolute atomic E-state index is 0.350. The summed E-state index contributed by atoms with van der Waals surface area (Å²) in [6, 6.07) is 0.936. The lowest BCUT2D eigenvalue weighted by atomic mass is 9.96. The van der Waals surface area contributed by atoms with E-state index in [-0.39, 0.29) is 0 Å². The van der Waals surface area contributed by atoms with Crippen molar-refractivity contribution in [3.63, 3.8) is 0 Å². The molecule has 0 unspecified atom stereocenters. The average Bonchev–Trinajstić information content (AvgIpc) is 3.08. The average molecular weight is 379 g/mol. The van der Waals surface area contributed by atoms with Crippen molar-refractivity contribution in [2.24, 2.45) is 5.92 Å². The van der Waals surface area contributed by atoms with E-state index in [4.69, 9.17) is 4.74 Å². The molecule has 1 fully saturated rings. The summed E-state index contributed by atoms with van der Waals surface area (Å²) in [5, 5.41) is 4.43. The van der Waals surface area contributed by atoms with Gasteiger partial charge in [-0.3, -0.25) is 18.9 Å². The summed E-state index contributed by atoms with van der Waals surface area (Å²) in [6.45, 7) is 5.41. The van der Waals surface area contributed by atoms with Gasteiger partial charge in [-0.2, -0.15) is 5.10 Å². The van der Waals surface area contributed by atoms with E-state index in [1.807, 2.05) is 10.9 Å². The van der Waals surface area contributed by atoms with Gasteiger partial charge in [0.2, 0.25) is 0 Å². The molecule has 0 aromatic carbocycles. The van der Waals surface area contributed by atoms with Gasteiger partial charge in [0, 0.05) is 24.7 Å². The molecule has 146 valence electrons. The number of aromatic nitrogens is 4. The molecule has 27 heavy (non-hydrogen) atoms. The van der Waals surface area contributed by atoms with E-state index in [9.17, 15) is 13.6 Å². The SMILES string of the molecule is O=c1cc(C(F)F)ncn1CC1CCN(Cc2cnn3c2COCC3)CC1. The van der Waals surface area contributed by atoms with E-state index in [2.05, 4.69) is 15.0 Å². The van der Waals surface area contributed by atoms with E-state index < -0.39 is 17.7 Å². The first-order valence-corrected chi connectivity index (χ1v) is 9.28. The first-order valence-electron chi connectivity index (χ1n) is 9.28. The van der Waals surface area contributed by atoms with Crippen molar-refractivity contribution in [1.82, 2.24) is 24.2 Å². The van der Waals surface area contributed by atoms with E-state index >= 15 is 0 Å². The Morgan fingerprint density at radius 2 is 2.07 bits per heavy atom. The number of likely N-dealkylation sites (tertiary alicyclic amines) is 1. The predicted octanol–water partition coefficient (Wildman–Crippen LogP) is 1.82. The number of fused-ring (bicyclic) bond motifs is 1. The summed E-state index contributed by atoms with van der Waals surface area (Å²) in [5.74, 6) is 0.350. The van der Waals surface area contributed by atoms with Crippen LogP contribution in [-0.4, -0.2) is 43.9 Å². The van der Waals surface area contributed by atoms with E-state index in [1.54, 1.807) is 0 Å². The zero-order chi connectivity index (χ0) is 18.8. The molecule has 0 amide bonds. The second kappa shape index (κ2) is 7.85. The summed E-state index contributed by atoms with van der Waals surface area (Å²) < 4.78 is 34.2. The summed E-state index contributed by atoms with van der Waals surface area (Å²) in [4.78, 5) is 18.1. The van der Waals surface area contributed by atoms with Crippen LogP contribution in [0.1, 0.15) is 36.2 Å². The van der Waals surface area contributed by atoms with Crippen molar-refractivity contribution < 1.29 is 13.5 Å². The van der Waals surface area contributed by atoms with Crippen molar-refractivity contribution in [3.05, 3.63) is 45.9 Å². The van der Waals surface area contributed by atoms with Crippen LogP contribution in [0.5, 0.6) is 0 Å². The van der Waals surface area contributed by atoms with Crippen molar-refractivity contribution in [2.45, 2.75) is 45.5 Å². The largest absolute Gasteiger partial charge is 0.373 e. The highest BCUT2D eigenvalue weighted by atomic mass is 19.3. The fraction of sp³-hybridized carbons (Fsp3) is 0.611. The van der Waals surface area contributed by atoms with Crippen molar-refractivity contribution in [2.75, 3.05) is 19.7 Å². The molecule has 0 saturated carbocycles. The minimum atomic E-state index is -2.71. The third-order valence-electron chi connectivity index (χ3n) is 5.40. The maximum absolute atomic E-state index is 12.6. The summed E-state index contributed by atoms with van der Waals surface area (Å²) in [6.07, 6.45) is 2.39. The lowest BCUT2D eigenvalue weighted by Gasteiger charge is -2.32. The van der Waals surface area contributed by atoms with Gasteiger partial charge in [0.15, 0.2) is 0 Å². The van der Waals surface area contributed by atoms with Gasteiger partial charge in [-0.25, -0.2) is 13.8 Å². The van der Waals surface area contributed by atoms with Crippen LogP contribution < -0.4 is 5.56 Å². The summed E-state index contributed by atoms with van der Waals surface area (Å²) in [5.41, 5.74) is 1.52. The van der Waals surface area contributed by atoms with Crippen LogP contribution in [0.25, 0.3) is 0 Å². The molecule has 2 aromatic heterocycles. The number of hydrogen-bond acceptors (Lipinski definition) is 5. The van der Waals surface area contributed by atoms with Crippen molar-refractivity contribution >= 4 is 0 Å². The van der Waals surface area contributed by atoms with E-state index in [1.165, 1.54) is 22.2 Å². The zero-order valence-corrected chi connectivity index (χ0v) is 15.1. The Balaban J connectivity index is 1.32. The molecular weight excluding hydrogens is 356 g/mol. The molecule has 0 aliphatic carbocycles. The van der Waals surface area contributed by atoms with Crippen LogP contribution in [0.2, 0.25) is 0 Å². The van der Waals surface area contributed by atoms with Crippen molar-refractivity contribution in [1.29, 1.82) is 0 Å². The predicted molar refractivity (Wildman–Crippen MR) is 93.3 cm³/mol. The monoisotopic (exact) mass is 379 g/mol. The number of alkyl halides is 2. The first-order chi connectivity index (χ1) is 13.1. The standard InChI is InChI=1S/C18H23F2N5O2/c19-18(20)15-7-17(26)24(12-21-15)9-13-1-3-23(4-2-13)10-14-8-22-25-5-6-27-11-16(14)25/h7-8,12-13,18H,1-6,9-11H2. The second-order valence-corrected chi connectivity index (χ2v) is 7.22. The van der Waals surface area contributed by atoms with Gasteiger partial charge >= 0.3 is 0 Å². The molecule has 4 rings (SSSR count). The molecule has 4 heterocycles. The number of halogens is 2. The van der Waals surface area contributed by atoms with Crippen LogP contribution in [0, 0.1) is 5.92 Å². The number of rotatable bonds is 5. The highest BCUT2D eigenvalue weighted by molar-refractivity contribution is 5.18. The smallest absolute Gasteiger partial charge is 0.280 e. The topological polar surface area (TPSA) is 65.2 Å². The number of nitrogens with zero attached hydrogens (tertiary/aromatic N) is 5. The van der Waals surface area contributed by atoms with Gasteiger partial charge in [0.05, 0.1) is 38.0 Å². The third-order valence-corrected chi connectivity index (χ3v) is 5.40. The normalized spacial score (nSPS) is 18.8. The first kappa shape index (κ1) is 18.2. The number of ether oxygens (including phenoxy) is 1. The maximum Gasteiger partial charge on any atom is 0.280 e.